The third kappa shape index (κ3) is 6.44. The number of halogens is 2. The zero-order chi connectivity index (χ0) is 21.2. The fraction of sp³-hybridized carbons (Fsp3) is 0.435. The maximum absolute atomic E-state index is 14.1. The minimum absolute atomic E-state index is 0.0815. The summed E-state index contributed by atoms with van der Waals surface area (Å²) >= 11 is 5.84. The lowest BCUT2D eigenvalue weighted by Crippen LogP contribution is -2.27. The molecule has 0 saturated carbocycles. The van der Waals surface area contributed by atoms with Gasteiger partial charge in [-0.25, -0.2) is 9.37 Å². The number of ether oxygens (including phenoxy) is 1. The lowest BCUT2D eigenvalue weighted by Gasteiger charge is -2.23. The second kappa shape index (κ2) is 11.8. The van der Waals surface area contributed by atoms with Crippen LogP contribution in [0.1, 0.15) is 44.7 Å². The summed E-state index contributed by atoms with van der Waals surface area (Å²) < 4.78 is 19.5. The first-order valence-electron chi connectivity index (χ1n) is 10.3. The van der Waals surface area contributed by atoms with Gasteiger partial charge < -0.3 is 15.4 Å². The Balaban J connectivity index is 0.00000145. The van der Waals surface area contributed by atoms with E-state index in [4.69, 9.17) is 16.3 Å². The molecule has 1 aromatic carbocycles. The van der Waals surface area contributed by atoms with Crippen LogP contribution in [0.3, 0.4) is 0 Å². The van der Waals surface area contributed by atoms with E-state index in [-0.39, 0.29) is 5.02 Å². The Labute approximate surface area is 178 Å². The van der Waals surface area contributed by atoms with Crippen molar-refractivity contribution < 1.29 is 9.13 Å². The van der Waals surface area contributed by atoms with Crippen molar-refractivity contribution in [2.24, 2.45) is 5.92 Å². The van der Waals surface area contributed by atoms with Gasteiger partial charge in [0.1, 0.15) is 5.82 Å². The first kappa shape index (κ1) is 23.2. The predicted octanol–water partition coefficient (Wildman–Crippen LogP) is 6.19. The normalized spacial score (nSPS) is 14.0. The van der Waals surface area contributed by atoms with Crippen LogP contribution in [0.25, 0.3) is 5.70 Å². The molecule has 0 unspecified atom stereocenters. The lowest BCUT2D eigenvalue weighted by atomic mass is 9.99. The minimum Gasteiger partial charge on any atom is -0.385 e. The molecule has 0 aliphatic carbocycles. The molecule has 4 nitrogen and oxygen atoms in total. The van der Waals surface area contributed by atoms with Gasteiger partial charge >= 0.3 is 0 Å². The smallest absolute Gasteiger partial charge is 0.165 e. The second-order valence-corrected chi connectivity index (χ2v) is 7.13. The van der Waals surface area contributed by atoms with Gasteiger partial charge in [-0.2, -0.15) is 0 Å². The highest BCUT2D eigenvalue weighted by molar-refractivity contribution is 6.31. The quantitative estimate of drug-likeness (QED) is 0.561. The fourth-order valence-corrected chi connectivity index (χ4v) is 3.36. The number of aryl methyl sites for hydroxylation is 1. The largest absolute Gasteiger partial charge is 0.385 e. The van der Waals surface area contributed by atoms with Crippen molar-refractivity contribution in [2.75, 3.05) is 25.1 Å². The number of hydrogen-bond acceptors (Lipinski definition) is 4. The van der Waals surface area contributed by atoms with E-state index in [0.717, 1.165) is 55.8 Å². The van der Waals surface area contributed by atoms with Gasteiger partial charge in [-0.3, -0.25) is 0 Å². The monoisotopic (exact) mass is 419 g/mol. The minimum atomic E-state index is -0.481. The molecular weight excluding hydrogens is 389 g/mol. The highest BCUT2D eigenvalue weighted by Gasteiger charge is 2.15. The Kier molecular flexibility index (Phi) is 9.42. The van der Waals surface area contributed by atoms with Gasteiger partial charge in [0.05, 0.1) is 10.7 Å². The van der Waals surface area contributed by atoms with Gasteiger partial charge in [0.2, 0.25) is 0 Å². The number of nitrogens with zero attached hydrogens (tertiary/aromatic N) is 1. The molecule has 2 aromatic rings. The van der Waals surface area contributed by atoms with Crippen LogP contribution in [0.4, 0.5) is 15.9 Å². The number of aromatic nitrogens is 1. The molecule has 1 aliphatic heterocycles. The molecule has 0 bridgehead atoms. The Bertz CT molecular complexity index is 807. The van der Waals surface area contributed by atoms with Crippen LogP contribution < -0.4 is 10.6 Å². The third-order valence-corrected chi connectivity index (χ3v) is 5.15. The molecule has 3 rings (SSSR count). The Morgan fingerprint density at radius 2 is 2.03 bits per heavy atom. The van der Waals surface area contributed by atoms with E-state index in [1.165, 1.54) is 6.07 Å². The first-order chi connectivity index (χ1) is 14.1. The highest BCUT2D eigenvalue weighted by atomic mass is 35.5. The van der Waals surface area contributed by atoms with E-state index in [1.807, 2.05) is 19.9 Å². The zero-order valence-corrected chi connectivity index (χ0v) is 18.3. The van der Waals surface area contributed by atoms with Crippen molar-refractivity contribution in [3.63, 3.8) is 0 Å². The summed E-state index contributed by atoms with van der Waals surface area (Å²) in [5.41, 5.74) is 3.26. The summed E-state index contributed by atoms with van der Waals surface area (Å²) in [6, 6.07) is 6.78. The Morgan fingerprint density at radius 1 is 1.31 bits per heavy atom. The van der Waals surface area contributed by atoms with Crippen LogP contribution >= 0.6 is 11.6 Å². The molecule has 1 saturated heterocycles. The lowest BCUT2D eigenvalue weighted by molar-refractivity contribution is 0.0674. The summed E-state index contributed by atoms with van der Waals surface area (Å²) in [7, 11) is 0. The van der Waals surface area contributed by atoms with Crippen LogP contribution in [-0.2, 0) is 11.2 Å². The first-order valence-corrected chi connectivity index (χ1v) is 10.7. The topological polar surface area (TPSA) is 46.2 Å². The Morgan fingerprint density at radius 3 is 2.72 bits per heavy atom. The van der Waals surface area contributed by atoms with Crippen molar-refractivity contribution in [1.82, 2.24) is 10.3 Å². The number of anilines is 2. The molecular formula is C23H31ClFN3O. The number of hydrogen-bond donors (Lipinski definition) is 2. The van der Waals surface area contributed by atoms with E-state index >= 15 is 0 Å². The van der Waals surface area contributed by atoms with Gasteiger partial charge in [-0.15, -0.1) is 0 Å². The number of rotatable bonds is 7. The SMILES string of the molecule is C=C(NCC1CCOCC1)c1cnc(Nc2cccc(Cl)c2F)cc1CC.CC. The predicted molar refractivity (Wildman–Crippen MR) is 120 cm³/mol. The van der Waals surface area contributed by atoms with Crippen molar-refractivity contribution in [1.29, 1.82) is 0 Å². The molecule has 2 N–H and O–H groups in total. The van der Waals surface area contributed by atoms with Gasteiger partial charge in [0.25, 0.3) is 0 Å². The fourth-order valence-electron chi connectivity index (χ4n) is 3.18. The van der Waals surface area contributed by atoms with Gasteiger partial charge in [-0.1, -0.05) is 45.0 Å². The van der Waals surface area contributed by atoms with Crippen LogP contribution in [0, 0.1) is 11.7 Å². The average Bonchev–Trinajstić information content (AvgIpc) is 2.77. The molecule has 1 aromatic heterocycles. The average molecular weight is 420 g/mol. The van der Waals surface area contributed by atoms with E-state index in [9.17, 15) is 4.39 Å². The summed E-state index contributed by atoms with van der Waals surface area (Å²) in [6.07, 6.45) is 4.76. The maximum atomic E-state index is 14.1. The molecule has 1 fully saturated rings. The van der Waals surface area contributed by atoms with E-state index in [1.54, 1.807) is 18.3 Å². The zero-order valence-electron chi connectivity index (χ0n) is 17.5. The van der Waals surface area contributed by atoms with Gasteiger partial charge in [0.15, 0.2) is 5.82 Å². The molecule has 1 aliphatic rings. The Hall–Kier alpha value is -2.11. The standard InChI is InChI=1S/C21H25ClFN3O.C2H6/c1-3-16-11-20(26-19-6-4-5-18(22)21(19)23)25-13-17(16)14(2)24-12-15-7-9-27-10-8-15;1-2/h4-6,11,13,15,24H,2-3,7-10,12H2,1H3,(H,25,26);1-2H3. The van der Waals surface area contributed by atoms with Crippen LogP contribution in [0.2, 0.25) is 5.02 Å². The summed E-state index contributed by atoms with van der Waals surface area (Å²) in [5, 5.41) is 6.53. The molecule has 2 heterocycles. The molecule has 0 atom stereocenters. The van der Waals surface area contributed by atoms with Crippen LogP contribution in [0.5, 0.6) is 0 Å². The van der Waals surface area contributed by atoms with E-state index < -0.39 is 5.82 Å². The maximum Gasteiger partial charge on any atom is 0.165 e. The number of pyridine rings is 1. The van der Waals surface area contributed by atoms with E-state index in [2.05, 4.69) is 29.1 Å². The molecule has 6 heteroatoms. The van der Waals surface area contributed by atoms with Crippen molar-refractivity contribution >= 4 is 28.8 Å². The molecule has 158 valence electrons. The van der Waals surface area contributed by atoms with Crippen LogP contribution in [0.15, 0.2) is 37.0 Å². The molecule has 0 amide bonds. The molecule has 0 spiro atoms. The van der Waals surface area contributed by atoms with Gasteiger partial charge in [0, 0.05) is 37.2 Å². The summed E-state index contributed by atoms with van der Waals surface area (Å²) in [4.78, 5) is 4.43. The van der Waals surface area contributed by atoms with Gasteiger partial charge in [-0.05, 0) is 48.9 Å². The van der Waals surface area contributed by atoms with Crippen molar-refractivity contribution in [3.8, 4) is 0 Å². The highest BCUT2D eigenvalue weighted by Crippen LogP contribution is 2.26. The molecule has 29 heavy (non-hydrogen) atoms. The van der Waals surface area contributed by atoms with Crippen molar-refractivity contribution in [2.45, 2.75) is 40.0 Å². The van der Waals surface area contributed by atoms with E-state index in [0.29, 0.717) is 17.4 Å². The van der Waals surface area contributed by atoms with Crippen molar-refractivity contribution in [3.05, 3.63) is 59.0 Å². The van der Waals surface area contributed by atoms with Crippen LogP contribution in [-0.4, -0.2) is 24.7 Å². The second-order valence-electron chi connectivity index (χ2n) is 6.72. The summed E-state index contributed by atoms with van der Waals surface area (Å²) in [5.74, 6) is 0.708. The third-order valence-electron chi connectivity index (χ3n) is 4.85. The number of benzene rings is 1. The summed E-state index contributed by atoms with van der Waals surface area (Å²) in [6.45, 7) is 12.8. The number of nitrogens with one attached hydrogen (secondary N) is 2. The molecule has 0 radical (unpaired) electrons.